The molecule has 1 heterocycles. The van der Waals surface area contributed by atoms with E-state index in [4.69, 9.17) is 0 Å². The molecule has 0 spiro atoms. The van der Waals surface area contributed by atoms with Gasteiger partial charge in [0, 0.05) is 29.4 Å². The van der Waals surface area contributed by atoms with Crippen molar-refractivity contribution in [2.24, 2.45) is 0 Å². The predicted octanol–water partition coefficient (Wildman–Crippen LogP) is 2.81. The van der Waals surface area contributed by atoms with Gasteiger partial charge in [0.15, 0.2) is 5.78 Å². The smallest absolute Gasteiger partial charge is 0.178 e. The Morgan fingerprint density at radius 3 is 2.89 bits per heavy atom. The minimum Gasteiger partial charge on any atom is -0.307 e. The van der Waals surface area contributed by atoms with Crippen molar-refractivity contribution in [1.29, 1.82) is 0 Å². The van der Waals surface area contributed by atoms with Crippen molar-refractivity contribution in [3.05, 3.63) is 42.2 Å². The monoisotopic (exact) mass is 242 g/mol. The highest BCUT2D eigenvalue weighted by Gasteiger charge is 2.10. The van der Waals surface area contributed by atoms with Crippen LogP contribution in [0, 0.1) is 0 Å². The number of nitrogens with one attached hydrogen (secondary N) is 1. The molecule has 0 saturated heterocycles. The van der Waals surface area contributed by atoms with Gasteiger partial charge in [0.1, 0.15) is 0 Å². The molecule has 0 amide bonds. The summed E-state index contributed by atoms with van der Waals surface area (Å²) >= 11 is 0. The second kappa shape index (κ2) is 5.74. The number of hydrogen-bond donors (Lipinski definition) is 1. The Balaban J connectivity index is 2.22. The highest BCUT2D eigenvalue weighted by atomic mass is 16.1. The number of pyridine rings is 1. The van der Waals surface area contributed by atoms with Crippen LogP contribution in [-0.2, 0) is 0 Å². The van der Waals surface area contributed by atoms with E-state index in [0.29, 0.717) is 18.2 Å². The van der Waals surface area contributed by atoms with Crippen molar-refractivity contribution in [2.75, 3.05) is 6.54 Å². The number of Topliss-reactive ketones (excluding diaryl/α,β-unsaturated/α-hetero) is 1. The third-order valence-corrected chi connectivity index (χ3v) is 3.19. The van der Waals surface area contributed by atoms with Crippen LogP contribution in [-0.4, -0.2) is 23.4 Å². The van der Waals surface area contributed by atoms with Gasteiger partial charge in [-0.3, -0.25) is 9.78 Å². The molecular formula is C15H18N2O. The van der Waals surface area contributed by atoms with Gasteiger partial charge in [0.25, 0.3) is 0 Å². The van der Waals surface area contributed by atoms with Gasteiger partial charge in [-0.05, 0) is 18.7 Å². The summed E-state index contributed by atoms with van der Waals surface area (Å²) in [5.41, 5.74) is 0.698. The molecule has 1 aromatic carbocycles. The molecule has 2 aromatic rings. The Morgan fingerprint density at radius 1 is 1.33 bits per heavy atom. The molecule has 3 heteroatoms. The molecule has 3 nitrogen and oxygen atoms in total. The SMILES string of the molecule is CCC(C)NCC(=O)c1cncc2ccccc12. The molecule has 1 aromatic heterocycles. The first kappa shape index (κ1) is 12.7. The summed E-state index contributed by atoms with van der Waals surface area (Å²) in [6.45, 7) is 4.54. The fraction of sp³-hybridized carbons (Fsp3) is 0.333. The lowest BCUT2D eigenvalue weighted by atomic mass is 10.0. The van der Waals surface area contributed by atoms with Crippen LogP contribution in [0.25, 0.3) is 10.8 Å². The molecule has 0 bridgehead atoms. The van der Waals surface area contributed by atoms with E-state index < -0.39 is 0 Å². The van der Waals surface area contributed by atoms with Crippen LogP contribution in [0.1, 0.15) is 30.6 Å². The molecule has 0 aliphatic heterocycles. The molecule has 2 rings (SSSR count). The van der Waals surface area contributed by atoms with Crippen LogP contribution in [0.3, 0.4) is 0 Å². The second-order valence-corrected chi connectivity index (χ2v) is 4.52. The van der Waals surface area contributed by atoms with Gasteiger partial charge < -0.3 is 5.32 Å². The van der Waals surface area contributed by atoms with E-state index in [-0.39, 0.29) is 5.78 Å². The highest BCUT2D eigenvalue weighted by Crippen LogP contribution is 2.17. The maximum atomic E-state index is 12.2. The topological polar surface area (TPSA) is 42.0 Å². The zero-order valence-electron chi connectivity index (χ0n) is 10.8. The number of carbonyl (C=O) groups excluding carboxylic acids is 1. The van der Waals surface area contributed by atoms with E-state index in [9.17, 15) is 4.79 Å². The molecule has 0 aliphatic carbocycles. The molecule has 0 fully saturated rings. The molecule has 0 saturated carbocycles. The van der Waals surface area contributed by atoms with Gasteiger partial charge in [-0.2, -0.15) is 0 Å². The zero-order chi connectivity index (χ0) is 13.0. The summed E-state index contributed by atoms with van der Waals surface area (Å²) in [6, 6.07) is 8.20. The van der Waals surface area contributed by atoms with Crippen LogP contribution < -0.4 is 5.32 Å². The van der Waals surface area contributed by atoms with Crippen molar-refractivity contribution in [2.45, 2.75) is 26.3 Å². The number of fused-ring (bicyclic) bond motifs is 1. The summed E-state index contributed by atoms with van der Waals surface area (Å²) in [7, 11) is 0. The fourth-order valence-corrected chi connectivity index (χ4v) is 1.85. The first-order valence-electron chi connectivity index (χ1n) is 6.31. The molecule has 18 heavy (non-hydrogen) atoms. The third kappa shape index (κ3) is 2.74. The van der Waals surface area contributed by atoms with Gasteiger partial charge in [0.05, 0.1) is 6.54 Å². The maximum Gasteiger partial charge on any atom is 0.178 e. The fourth-order valence-electron chi connectivity index (χ4n) is 1.85. The first-order valence-corrected chi connectivity index (χ1v) is 6.31. The predicted molar refractivity (Wildman–Crippen MR) is 73.8 cm³/mol. The molecular weight excluding hydrogens is 224 g/mol. The number of aromatic nitrogens is 1. The number of hydrogen-bond acceptors (Lipinski definition) is 3. The standard InChI is InChI=1S/C15H18N2O/c1-3-11(2)17-10-15(18)14-9-16-8-12-6-4-5-7-13(12)14/h4-9,11,17H,3,10H2,1-2H3. The summed E-state index contributed by atoms with van der Waals surface area (Å²) in [5.74, 6) is 0.0969. The summed E-state index contributed by atoms with van der Waals surface area (Å²) < 4.78 is 0. The third-order valence-electron chi connectivity index (χ3n) is 3.19. The normalized spacial score (nSPS) is 12.6. The molecule has 1 atom stereocenters. The van der Waals surface area contributed by atoms with Crippen LogP contribution >= 0.6 is 0 Å². The Kier molecular flexibility index (Phi) is 4.05. The molecule has 0 radical (unpaired) electrons. The molecule has 0 aliphatic rings. The molecule has 1 N–H and O–H groups in total. The zero-order valence-corrected chi connectivity index (χ0v) is 10.8. The van der Waals surface area contributed by atoms with E-state index in [1.165, 1.54) is 0 Å². The number of carbonyl (C=O) groups is 1. The van der Waals surface area contributed by atoms with Crippen LogP contribution in [0.15, 0.2) is 36.7 Å². The molecule has 94 valence electrons. The van der Waals surface area contributed by atoms with E-state index in [0.717, 1.165) is 17.2 Å². The van der Waals surface area contributed by atoms with Gasteiger partial charge in [0.2, 0.25) is 0 Å². The lowest BCUT2D eigenvalue weighted by Crippen LogP contribution is -2.31. The van der Waals surface area contributed by atoms with Crippen molar-refractivity contribution in [1.82, 2.24) is 10.3 Å². The Labute approximate surface area is 107 Å². The van der Waals surface area contributed by atoms with Crippen LogP contribution in [0.4, 0.5) is 0 Å². The Hall–Kier alpha value is -1.74. The van der Waals surface area contributed by atoms with Crippen molar-refractivity contribution in [3.63, 3.8) is 0 Å². The van der Waals surface area contributed by atoms with Gasteiger partial charge in [-0.1, -0.05) is 31.2 Å². The minimum atomic E-state index is 0.0969. The van der Waals surface area contributed by atoms with Crippen molar-refractivity contribution < 1.29 is 4.79 Å². The maximum absolute atomic E-state index is 12.2. The minimum absolute atomic E-state index is 0.0969. The largest absolute Gasteiger partial charge is 0.307 e. The van der Waals surface area contributed by atoms with Gasteiger partial charge in [-0.25, -0.2) is 0 Å². The van der Waals surface area contributed by atoms with Crippen LogP contribution in [0.5, 0.6) is 0 Å². The number of benzene rings is 1. The van der Waals surface area contributed by atoms with E-state index in [2.05, 4.69) is 24.1 Å². The van der Waals surface area contributed by atoms with Gasteiger partial charge >= 0.3 is 0 Å². The average molecular weight is 242 g/mol. The Morgan fingerprint density at radius 2 is 2.11 bits per heavy atom. The lowest BCUT2D eigenvalue weighted by molar-refractivity contribution is 0.0989. The summed E-state index contributed by atoms with van der Waals surface area (Å²) in [6.07, 6.45) is 4.46. The van der Waals surface area contributed by atoms with E-state index in [1.807, 2.05) is 24.3 Å². The van der Waals surface area contributed by atoms with E-state index >= 15 is 0 Å². The first-order chi connectivity index (χ1) is 8.72. The lowest BCUT2D eigenvalue weighted by Gasteiger charge is -2.11. The quantitative estimate of drug-likeness (QED) is 0.820. The average Bonchev–Trinajstić information content (AvgIpc) is 2.43. The summed E-state index contributed by atoms with van der Waals surface area (Å²) in [5, 5.41) is 5.20. The Bertz CT molecular complexity index is 546. The van der Waals surface area contributed by atoms with Crippen LogP contribution in [0.2, 0.25) is 0 Å². The number of rotatable bonds is 5. The van der Waals surface area contributed by atoms with Crippen molar-refractivity contribution >= 4 is 16.6 Å². The molecule has 1 unspecified atom stereocenters. The van der Waals surface area contributed by atoms with Gasteiger partial charge in [-0.15, -0.1) is 0 Å². The van der Waals surface area contributed by atoms with E-state index in [1.54, 1.807) is 12.4 Å². The number of nitrogens with zero attached hydrogens (tertiary/aromatic N) is 1. The summed E-state index contributed by atoms with van der Waals surface area (Å²) in [4.78, 5) is 16.3. The van der Waals surface area contributed by atoms with Crippen molar-refractivity contribution in [3.8, 4) is 0 Å². The highest BCUT2D eigenvalue weighted by molar-refractivity contribution is 6.08. The number of ketones is 1. The second-order valence-electron chi connectivity index (χ2n) is 4.52.